The van der Waals surface area contributed by atoms with Gasteiger partial charge in [0.05, 0.1) is 32.6 Å². The summed E-state index contributed by atoms with van der Waals surface area (Å²) >= 11 is 0. The molecule has 0 unspecified atom stereocenters. The molecular weight excluding hydrogens is 455 g/mol. The molecule has 9 nitrogen and oxygen atoms in total. The molecule has 3 aromatic rings. The highest BCUT2D eigenvalue weighted by Gasteiger charge is 2.43. The van der Waals surface area contributed by atoms with Gasteiger partial charge in [-0.2, -0.15) is 0 Å². The van der Waals surface area contributed by atoms with Crippen molar-refractivity contribution in [1.82, 2.24) is 9.58 Å². The van der Waals surface area contributed by atoms with Crippen LogP contribution >= 0.6 is 0 Å². The summed E-state index contributed by atoms with van der Waals surface area (Å²) < 4.78 is 31.8. The van der Waals surface area contributed by atoms with E-state index in [1.54, 1.807) is 49.2 Å². The predicted octanol–water partition coefficient (Wildman–Crippen LogP) is 3.45. The number of aliphatic hydroxyl groups is 2. The first-order valence-electron chi connectivity index (χ1n) is 11.2. The molecule has 0 spiro atoms. The maximum atomic E-state index is 13.3. The van der Waals surface area contributed by atoms with E-state index in [0.717, 1.165) is 16.7 Å². The van der Waals surface area contributed by atoms with Gasteiger partial charge >= 0.3 is 0 Å². The van der Waals surface area contributed by atoms with E-state index >= 15 is 0 Å². The van der Waals surface area contributed by atoms with Crippen LogP contribution in [0.25, 0.3) is 11.1 Å². The molecule has 3 heterocycles. The van der Waals surface area contributed by atoms with Gasteiger partial charge in [-0.05, 0) is 48.9 Å². The second kappa shape index (κ2) is 9.21. The van der Waals surface area contributed by atoms with Crippen LogP contribution in [0, 0.1) is 5.82 Å². The van der Waals surface area contributed by atoms with Crippen LogP contribution in [0.5, 0.6) is 11.5 Å². The van der Waals surface area contributed by atoms with Crippen molar-refractivity contribution in [2.45, 2.75) is 38.0 Å². The monoisotopic (exact) mass is 482 g/mol. The first kappa shape index (κ1) is 23.2. The van der Waals surface area contributed by atoms with E-state index in [9.17, 15) is 14.6 Å². The van der Waals surface area contributed by atoms with E-state index in [1.165, 1.54) is 12.1 Å². The fraction of sp³-hybridized carbons (Fsp3) is 0.320. The molecule has 4 atom stereocenters. The van der Waals surface area contributed by atoms with Crippen molar-refractivity contribution in [3.63, 3.8) is 0 Å². The van der Waals surface area contributed by atoms with Crippen molar-refractivity contribution in [2.75, 3.05) is 19.6 Å². The molecule has 0 bridgehead atoms. The van der Waals surface area contributed by atoms with Crippen LogP contribution in [-0.2, 0) is 11.3 Å². The van der Waals surface area contributed by atoms with Gasteiger partial charge in [0, 0.05) is 17.3 Å². The molecule has 184 valence electrons. The number of hydrogen-bond acceptors (Lipinski definition) is 8. The van der Waals surface area contributed by atoms with Gasteiger partial charge in [0.1, 0.15) is 30.2 Å². The number of nitrogens with zero attached hydrogens (tertiary/aromatic N) is 3. The maximum absolute atomic E-state index is 13.3. The third-order valence-corrected chi connectivity index (χ3v) is 6.32. The van der Waals surface area contributed by atoms with Gasteiger partial charge in [-0.3, -0.25) is 10.4 Å². The molecule has 0 amide bonds. The van der Waals surface area contributed by atoms with Crippen molar-refractivity contribution in [3.8, 4) is 22.6 Å². The van der Waals surface area contributed by atoms with Crippen LogP contribution in [-0.4, -0.2) is 58.7 Å². The SMILES string of the molecule is COc1ccc(-c2cn([C@@H]3O[C@H](C)[C@@H](O)[C@H]3O)c3c2CN(Nc2ccc(F)cc2)C=N3)cc1OC. The normalized spacial score (nSPS) is 23.3. The lowest BCUT2D eigenvalue weighted by atomic mass is 10.0. The zero-order valence-electron chi connectivity index (χ0n) is 19.6. The van der Waals surface area contributed by atoms with Gasteiger partial charge in [0.15, 0.2) is 17.7 Å². The molecule has 0 aliphatic carbocycles. The number of aliphatic hydroxyl groups excluding tert-OH is 2. The number of aliphatic imine (C=N–C) groups is 1. The van der Waals surface area contributed by atoms with E-state index < -0.39 is 24.5 Å². The number of fused-ring (bicyclic) bond motifs is 1. The number of aromatic nitrogens is 1. The molecule has 2 aliphatic rings. The zero-order valence-corrected chi connectivity index (χ0v) is 19.6. The van der Waals surface area contributed by atoms with Crippen LogP contribution in [0.1, 0.15) is 18.7 Å². The summed E-state index contributed by atoms with van der Waals surface area (Å²) in [6, 6.07) is 11.7. The summed E-state index contributed by atoms with van der Waals surface area (Å²) in [6.45, 7) is 2.14. The first-order chi connectivity index (χ1) is 16.9. The van der Waals surface area contributed by atoms with Gasteiger partial charge in [-0.15, -0.1) is 0 Å². The number of anilines is 1. The minimum Gasteiger partial charge on any atom is -0.493 e. The highest BCUT2D eigenvalue weighted by molar-refractivity contribution is 5.79. The Morgan fingerprint density at radius 2 is 1.80 bits per heavy atom. The summed E-state index contributed by atoms with van der Waals surface area (Å²) in [4.78, 5) is 4.64. The number of benzene rings is 2. The Kier molecular flexibility index (Phi) is 6.10. The summed E-state index contributed by atoms with van der Waals surface area (Å²) in [5, 5.41) is 22.7. The number of hydrogen-bond donors (Lipinski definition) is 3. The fourth-order valence-corrected chi connectivity index (χ4v) is 4.45. The number of methoxy groups -OCH3 is 2. The topological polar surface area (TPSA) is 101 Å². The van der Waals surface area contributed by atoms with Gasteiger partial charge in [0.2, 0.25) is 0 Å². The standard InChI is InChI=1S/C25H27FN4O5/c1-14-22(31)23(32)25(35-14)30-12-18(15-4-9-20(33-2)21(10-15)34-3)19-11-29(13-27-24(19)30)28-17-7-5-16(26)6-8-17/h4-10,12-14,22-23,25,28,31-32H,11H2,1-3H3/t14-,22-,23-,25-/m1/s1. The summed E-state index contributed by atoms with van der Waals surface area (Å²) in [7, 11) is 3.15. The van der Waals surface area contributed by atoms with Gasteiger partial charge in [-0.25, -0.2) is 9.38 Å². The average Bonchev–Trinajstić information content (AvgIpc) is 3.37. The fourth-order valence-electron chi connectivity index (χ4n) is 4.45. The average molecular weight is 483 g/mol. The van der Waals surface area contributed by atoms with Gasteiger partial charge in [-0.1, -0.05) is 6.07 Å². The maximum Gasteiger partial charge on any atom is 0.164 e. The van der Waals surface area contributed by atoms with E-state index in [4.69, 9.17) is 14.2 Å². The van der Waals surface area contributed by atoms with Crippen LogP contribution in [0.2, 0.25) is 0 Å². The number of nitrogens with one attached hydrogen (secondary N) is 1. The van der Waals surface area contributed by atoms with Crippen LogP contribution < -0.4 is 14.9 Å². The molecule has 0 radical (unpaired) electrons. The first-order valence-corrected chi connectivity index (χ1v) is 11.2. The molecule has 5 rings (SSSR count). The molecular formula is C25H27FN4O5. The Hall–Kier alpha value is -3.60. The van der Waals surface area contributed by atoms with Crippen LogP contribution in [0.4, 0.5) is 15.9 Å². The second-order valence-corrected chi connectivity index (χ2v) is 8.53. The van der Waals surface area contributed by atoms with Crippen LogP contribution in [0.15, 0.2) is 53.7 Å². The van der Waals surface area contributed by atoms with E-state index in [-0.39, 0.29) is 5.82 Å². The second-order valence-electron chi connectivity index (χ2n) is 8.53. The summed E-state index contributed by atoms with van der Waals surface area (Å²) in [5.41, 5.74) is 6.51. The molecule has 2 aromatic carbocycles. The Labute approximate surface area is 202 Å². The molecule has 1 saturated heterocycles. The van der Waals surface area contributed by atoms with Gasteiger partial charge < -0.3 is 29.0 Å². The molecule has 10 heteroatoms. The van der Waals surface area contributed by atoms with Crippen molar-refractivity contribution in [2.24, 2.45) is 4.99 Å². The molecule has 1 aromatic heterocycles. The molecule has 3 N–H and O–H groups in total. The molecule has 1 fully saturated rings. The lowest BCUT2D eigenvalue weighted by molar-refractivity contribution is -0.0308. The van der Waals surface area contributed by atoms with Crippen LogP contribution in [0.3, 0.4) is 0 Å². The lowest BCUT2D eigenvalue weighted by Gasteiger charge is -2.26. The van der Waals surface area contributed by atoms with Gasteiger partial charge in [0.25, 0.3) is 0 Å². The summed E-state index contributed by atoms with van der Waals surface area (Å²) in [5.74, 6) is 1.48. The highest BCUT2D eigenvalue weighted by Crippen LogP contribution is 2.43. The Bertz CT molecular complexity index is 1250. The Morgan fingerprint density at radius 1 is 1.06 bits per heavy atom. The smallest absolute Gasteiger partial charge is 0.164 e. The Morgan fingerprint density at radius 3 is 2.46 bits per heavy atom. The lowest BCUT2D eigenvalue weighted by Crippen LogP contribution is -2.31. The zero-order chi connectivity index (χ0) is 24.7. The van der Waals surface area contributed by atoms with E-state index in [2.05, 4.69) is 10.4 Å². The third-order valence-electron chi connectivity index (χ3n) is 6.32. The van der Waals surface area contributed by atoms with Crippen molar-refractivity contribution in [3.05, 3.63) is 60.0 Å². The van der Waals surface area contributed by atoms with Crippen molar-refractivity contribution < 1.29 is 28.8 Å². The number of ether oxygens (including phenoxy) is 3. The van der Waals surface area contributed by atoms with E-state index in [1.807, 2.05) is 24.4 Å². The Balaban J connectivity index is 1.55. The molecule has 2 aliphatic heterocycles. The number of hydrazine groups is 1. The van der Waals surface area contributed by atoms with Crippen molar-refractivity contribution in [1.29, 1.82) is 0 Å². The number of rotatable bonds is 6. The number of halogens is 1. The quantitative estimate of drug-likeness (QED) is 0.495. The highest BCUT2D eigenvalue weighted by atomic mass is 19.1. The molecule has 0 saturated carbocycles. The minimum atomic E-state index is -1.11. The predicted molar refractivity (Wildman–Crippen MR) is 128 cm³/mol. The third kappa shape index (κ3) is 4.20. The van der Waals surface area contributed by atoms with E-state index in [0.29, 0.717) is 29.5 Å². The summed E-state index contributed by atoms with van der Waals surface area (Å²) in [6.07, 6.45) is 0.0562. The minimum absolute atomic E-state index is 0.315. The van der Waals surface area contributed by atoms with Crippen molar-refractivity contribution >= 4 is 17.8 Å². The molecule has 35 heavy (non-hydrogen) atoms. The largest absolute Gasteiger partial charge is 0.493 e.